The molecule has 1 atom stereocenters. The van der Waals surface area contributed by atoms with Crippen molar-refractivity contribution < 1.29 is 0 Å². The molecule has 0 aromatic carbocycles. The van der Waals surface area contributed by atoms with Gasteiger partial charge in [0.25, 0.3) is 0 Å². The van der Waals surface area contributed by atoms with Gasteiger partial charge in [0.1, 0.15) is 0 Å². The van der Waals surface area contributed by atoms with Crippen molar-refractivity contribution in [2.45, 2.75) is 51.7 Å². The molecule has 3 saturated heterocycles. The van der Waals surface area contributed by atoms with Gasteiger partial charge in [-0.2, -0.15) is 0 Å². The van der Waals surface area contributed by atoms with Crippen molar-refractivity contribution in [3.63, 3.8) is 0 Å². The van der Waals surface area contributed by atoms with Gasteiger partial charge in [-0.05, 0) is 52.6 Å². The number of rotatable bonds is 3. The van der Waals surface area contributed by atoms with Crippen LogP contribution in [0, 0.1) is 5.92 Å². The Morgan fingerprint density at radius 3 is 2.58 bits per heavy atom. The zero-order valence-electron chi connectivity index (χ0n) is 12.3. The number of nitrogens with one attached hydrogen (secondary N) is 1. The third kappa shape index (κ3) is 2.82. The summed E-state index contributed by atoms with van der Waals surface area (Å²) in [6.07, 6.45) is 4.77. The highest BCUT2D eigenvalue weighted by molar-refractivity contribution is 4.97. The first-order valence-electron chi connectivity index (χ1n) is 7.40. The van der Waals surface area contributed by atoms with Crippen molar-refractivity contribution >= 4 is 0 Å². The highest BCUT2D eigenvalue weighted by Crippen LogP contribution is 2.27. The lowest BCUT2D eigenvalue weighted by Crippen LogP contribution is -2.55. The first-order valence-corrected chi connectivity index (χ1v) is 7.40. The quantitative estimate of drug-likeness (QED) is 0.890. The number of hydrogen-bond donors (Lipinski definition) is 1. The molecule has 2 bridgehead atoms. The summed E-state index contributed by atoms with van der Waals surface area (Å²) < 4.78 is 1.94. The molecule has 19 heavy (non-hydrogen) atoms. The maximum Gasteiger partial charge on any atom is 0.0965 e. The fraction of sp³-hybridized carbons (Fsp3) is 0.857. The van der Waals surface area contributed by atoms with Gasteiger partial charge in [0.05, 0.1) is 17.4 Å². The SMILES string of the molecule is CC(C)(C)n1cc(CNC2CN3CCC2CC3)nn1. The Morgan fingerprint density at radius 2 is 2.05 bits per heavy atom. The molecule has 0 radical (unpaired) electrons. The molecule has 3 aliphatic rings. The maximum absolute atomic E-state index is 4.27. The molecule has 106 valence electrons. The van der Waals surface area contributed by atoms with E-state index in [0.29, 0.717) is 6.04 Å². The highest BCUT2D eigenvalue weighted by Gasteiger charge is 2.33. The van der Waals surface area contributed by atoms with Crippen LogP contribution >= 0.6 is 0 Å². The van der Waals surface area contributed by atoms with Crippen molar-refractivity contribution in [2.75, 3.05) is 19.6 Å². The molecule has 0 spiro atoms. The average Bonchev–Trinajstić information content (AvgIpc) is 2.86. The summed E-state index contributed by atoms with van der Waals surface area (Å²) in [7, 11) is 0. The molecule has 3 aliphatic heterocycles. The van der Waals surface area contributed by atoms with Crippen molar-refractivity contribution in [1.82, 2.24) is 25.2 Å². The van der Waals surface area contributed by atoms with Crippen molar-refractivity contribution in [3.05, 3.63) is 11.9 Å². The van der Waals surface area contributed by atoms with Gasteiger partial charge in [-0.25, -0.2) is 4.68 Å². The van der Waals surface area contributed by atoms with E-state index in [0.717, 1.165) is 18.2 Å². The smallest absolute Gasteiger partial charge is 0.0965 e. The first-order chi connectivity index (χ1) is 9.02. The highest BCUT2D eigenvalue weighted by atomic mass is 15.4. The molecule has 3 fully saturated rings. The van der Waals surface area contributed by atoms with Crippen molar-refractivity contribution in [2.24, 2.45) is 5.92 Å². The minimum Gasteiger partial charge on any atom is -0.307 e. The Morgan fingerprint density at radius 1 is 1.32 bits per heavy atom. The van der Waals surface area contributed by atoms with Crippen molar-refractivity contribution in [1.29, 1.82) is 0 Å². The first kappa shape index (κ1) is 13.1. The van der Waals surface area contributed by atoms with Crippen LogP contribution in [0.5, 0.6) is 0 Å². The fourth-order valence-corrected chi connectivity index (χ4v) is 3.14. The molecule has 5 nitrogen and oxygen atoms in total. The third-order valence-electron chi connectivity index (χ3n) is 4.43. The number of nitrogens with zero attached hydrogens (tertiary/aromatic N) is 4. The van der Waals surface area contributed by atoms with E-state index in [9.17, 15) is 0 Å². The Labute approximate surface area is 115 Å². The molecule has 4 heterocycles. The normalized spacial score (nSPS) is 30.8. The molecule has 4 rings (SSSR count). The standard InChI is InChI=1S/C14H25N5/c1-14(2,3)19-9-12(16-17-19)8-15-13-10-18-6-4-11(13)5-7-18/h9,11,13,15H,4-8,10H2,1-3H3. The molecule has 0 saturated carbocycles. The Balaban J connectivity index is 1.56. The van der Waals surface area contributed by atoms with E-state index in [-0.39, 0.29) is 5.54 Å². The predicted molar refractivity (Wildman–Crippen MR) is 74.8 cm³/mol. The summed E-state index contributed by atoms with van der Waals surface area (Å²) in [5.41, 5.74) is 1.06. The van der Waals surface area contributed by atoms with Crippen LogP contribution < -0.4 is 5.32 Å². The van der Waals surface area contributed by atoms with Crippen molar-refractivity contribution in [3.8, 4) is 0 Å². The van der Waals surface area contributed by atoms with Crippen LogP contribution in [-0.2, 0) is 12.1 Å². The average molecular weight is 263 g/mol. The third-order valence-corrected chi connectivity index (χ3v) is 4.43. The van der Waals surface area contributed by atoms with Crippen LogP contribution in [-0.4, -0.2) is 45.6 Å². The zero-order valence-corrected chi connectivity index (χ0v) is 12.3. The summed E-state index contributed by atoms with van der Waals surface area (Å²) in [4.78, 5) is 2.57. The Bertz CT molecular complexity index is 425. The van der Waals surface area contributed by atoms with E-state index in [4.69, 9.17) is 0 Å². The van der Waals surface area contributed by atoms with Crippen LogP contribution in [0.15, 0.2) is 6.20 Å². The fourth-order valence-electron chi connectivity index (χ4n) is 3.14. The molecular formula is C14H25N5. The monoisotopic (exact) mass is 263 g/mol. The van der Waals surface area contributed by atoms with Gasteiger partial charge in [-0.3, -0.25) is 0 Å². The van der Waals surface area contributed by atoms with Gasteiger partial charge in [0, 0.05) is 19.1 Å². The van der Waals surface area contributed by atoms with Gasteiger partial charge in [-0.15, -0.1) is 5.10 Å². The maximum atomic E-state index is 4.27. The van der Waals surface area contributed by atoms with Gasteiger partial charge in [-0.1, -0.05) is 5.21 Å². The molecular weight excluding hydrogens is 238 g/mol. The Kier molecular flexibility index (Phi) is 3.35. The van der Waals surface area contributed by atoms with Crippen LogP contribution in [0.25, 0.3) is 0 Å². The van der Waals surface area contributed by atoms with Gasteiger partial charge >= 0.3 is 0 Å². The molecule has 0 amide bonds. The van der Waals surface area contributed by atoms with Crippen LogP contribution in [0.4, 0.5) is 0 Å². The summed E-state index contributed by atoms with van der Waals surface area (Å²) in [5.74, 6) is 0.864. The van der Waals surface area contributed by atoms with Gasteiger partial charge < -0.3 is 10.2 Å². The molecule has 1 N–H and O–H groups in total. The van der Waals surface area contributed by atoms with E-state index in [1.165, 1.54) is 32.5 Å². The summed E-state index contributed by atoms with van der Waals surface area (Å²) in [5, 5.41) is 12.2. The number of hydrogen-bond acceptors (Lipinski definition) is 4. The lowest BCUT2D eigenvalue weighted by Gasteiger charge is -2.45. The van der Waals surface area contributed by atoms with E-state index in [1.54, 1.807) is 0 Å². The second kappa shape index (κ2) is 4.87. The number of fused-ring (bicyclic) bond motifs is 3. The topological polar surface area (TPSA) is 46.0 Å². The van der Waals surface area contributed by atoms with Gasteiger partial charge in [0.15, 0.2) is 0 Å². The van der Waals surface area contributed by atoms with E-state index >= 15 is 0 Å². The van der Waals surface area contributed by atoms with E-state index < -0.39 is 0 Å². The summed E-state index contributed by atoms with van der Waals surface area (Å²) in [6.45, 7) is 11.1. The lowest BCUT2D eigenvalue weighted by atomic mass is 9.84. The minimum absolute atomic E-state index is 0.0147. The number of piperidine rings is 3. The lowest BCUT2D eigenvalue weighted by molar-refractivity contribution is 0.0718. The van der Waals surface area contributed by atoms with Crippen LogP contribution in [0.2, 0.25) is 0 Å². The number of aromatic nitrogens is 3. The zero-order chi connectivity index (χ0) is 13.5. The molecule has 1 aromatic rings. The van der Waals surface area contributed by atoms with E-state index in [1.807, 2.05) is 4.68 Å². The van der Waals surface area contributed by atoms with Crippen LogP contribution in [0.1, 0.15) is 39.3 Å². The minimum atomic E-state index is 0.0147. The molecule has 0 aliphatic carbocycles. The van der Waals surface area contributed by atoms with Crippen LogP contribution in [0.3, 0.4) is 0 Å². The Hall–Kier alpha value is -0.940. The predicted octanol–water partition coefficient (Wildman–Crippen LogP) is 1.22. The molecule has 1 unspecified atom stereocenters. The summed E-state index contributed by atoms with van der Waals surface area (Å²) in [6, 6.07) is 0.641. The summed E-state index contributed by atoms with van der Waals surface area (Å²) >= 11 is 0. The molecule has 5 heteroatoms. The van der Waals surface area contributed by atoms with E-state index in [2.05, 4.69) is 47.5 Å². The molecule has 1 aromatic heterocycles. The second-order valence-corrected chi connectivity index (χ2v) is 6.95. The largest absolute Gasteiger partial charge is 0.307 e. The second-order valence-electron chi connectivity index (χ2n) is 6.95. The van der Waals surface area contributed by atoms with Gasteiger partial charge in [0.2, 0.25) is 0 Å².